The van der Waals surface area contributed by atoms with Gasteiger partial charge >= 0.3 is 12.0 Å². The van der Waals surface area contributed by atoms with Crippen LogP contribution in [0.25, 0.3) is 0 Å². The molecule has 0 heterocycles. The molecule has 0 aromatic heterocycles. The summed E-state index contributed by atoms with van der Waals surface area (Å²) in [6.07, 6.45) is 1.19. The molecule has 16 heavy (non-hydrogen) atoms. The maximum atomic E-state index is 11.3. The number of primary amides is 1. The van der Waals surface area contributed by atoms with E-state index in [0.29, 0.717) is 19.4 Å². The van der Waals surface area contributed by atoms with Gasteiger partial charge in [0.05, 0.1) is 0 Å². The van der Waals surface area contributed by atoms with Crippen LogP contribution in [-0.4, -0.2) is 48.1 Å². The van der Waals surface area contributed by atoms with Crippen LogP contribution in [0.1, 0.15) is 19.3 Å². The first-order valence-corrected chi connectivity index (χ1v) is 4.92. The van der Waals surface area contributed by atoms with Crippen molar-refractivity contribution in [3.8, 4) is 0 Å². The Balaban J connectivity index is 3.57. The van der Waals surface area contributed by atoms with Gasteiger partial charge in [0, 0.05) is 20.0 Å². The van der Waals surface area contributed by atoms with Gasteiger partial charge in [-0.25, -0.2) is 4.79 Å². The van der Waals surface area contributed by atoms with Crippen molar-refractivity contribution in [3.63, 3.8) is 0 Å². The van der Waals surface area contributed by atoms with Crippen molar-refractivity contribution in [2.45, 2.75) is 19.3 Å². The fraction of sp³-hybridized carbons (Fsp3) is 0.667. The second-order valence-corrected chi connectivity index (χ2v) is 3.41. The number of urea groups is 1. The first kappa shape index (κ1) is 14.2. The predicted octanol–water partition coefficient (Wildman–Crippen LogP) is -0.632. The second-order valence-electron chi connectivity index (χ2n) is 3.41. The molecule has 0 aromatic rings. The molecule has 0 saturated heterocycles. The van der Waals surface area contributed by atoms with E-state index in [2.05, 4.69) is 5.32 Å². The van der Waals surface area contributed by atoms with Crippen molar-refractivity contribution in [1.29, 1.82) is 0 Å². The van der Waals surface area contributed by atoms with Crippen LogP contribution < -0.4 is 11.1 Å². The highest BCUT2D eigenvalue weighted by Crippen LogP contribution is 1.94. The topological polar surface area (TPSA) is 113 Å². The number of hydrogen-bond acceptors (Lipinski definition) is 3. The summed E-state index contributed by atoms with van der Waals surface area (Å²) >= 11 is 0. The molecular weight excluding hydrogens is 214 g/mol. The van der Waals surface area contributed by atoms with E-state index in [1.807, 2.05) is 0 Å². The molecule has 0 rings (SSSR count). The number of carboxylic acid groups (broad SMARTS) is 1. The van der Waals surface area contributed by atoms with Gasteiger partial charge in [-0.3, -0.25) is 9.59 Å². The van der Waals surface area contributed by atoms with Crippen LogP contribution in [0.2, 0.25) is 0 Å². The maximum absolute atomic E-state index is 11.3. The minimum atomic E-state index is -0.850. The highest BCUT2D eigenvalue weighted by atomic mass is 16.4. The van der Waals surface area contributed by atoms with Gasteiger partial charge in [-0.1, -0.05) is 0 Å². The van der Waals surface area contributed by atoms with Gasteiger partial charge in [-0.2, -0.15) is 0 Å². The minimum Gasteiger partial charge on any atom is -0.481 e. The van der Waals surface area contributed by atoms with Crippen LogP contribution in [0.3, 0.4) is 0 Å². The van der Waals surface area contributed by atoms with Crippen LogP contribution in [0.5, 0.6) is 0 Å². The summed E-state index contributed by atoms with van der Waals surface area (Å²) in [7, 11) is 1.46. The molecular formula is C9H17N3O4. The molecule has 4 N–H and O–H groups in total. The van der Waals surface area contributed by atoms with Gasteiger partial charge in [-0.05, 0) is 12.8 Å². The second kappa shape index (κ2) is 7.49. The molecule has 0 spiro atoms. The number of carboxylic acids is 1. The smallest absolute Gasteiger partial charge is 0.317 e. The van der Waals surface area contributed by atoms with Crippen molar-refractivity contribution >= 4 is 17.9 Å². The summed E-state index contributed by atoms with van der Waals surface area (Å²) in [4.78, 5) is 33.1. The van der Waals surface area contributed by atoms with Crippen molar-refractivity contribution in [3.05, 3.63) is 0 Å². The number of carbonyl (C=O) groups excluding carboxylic acids is 2. The molecule has 7 heteroatoms. The summed E-state index contributed by atoms with van der Waals surface area (Å²) in [6.45, 7) is 0.246. The van der Waals surface area contributed by atoms with E-state index in [4.69, 9.17) is 10.8 Å². The Morgan fingerprint density at radius 2 is 1.94 bits per heavy atom. The van der Waals surface area contributed by atoms with Gasteiger partial charge in [0.15, 0.2) is 0 Å². The third-order valence-electron chi connectivity index (χ3n) is 1.83. The Kier molecular flexibility index (Phi) is 6.66. The minimum absolute atomic E-state index is 0.0903. The van der Waals surface area contributed by atoms with E-state index < -0.39 is 17.9 Å². The number of unbranched alkanes of at least 4 members (excludes halogenated alkanes) is 1. The Morgan fingerprint density at radius 1 is 1.31 bits per heavy atom. The Morgan fingerprint density at radius 3 is 2.44 bits per heavy atom. The molecule has 0 unspecified atom stereocenters. The third-order valence-corrected chi connectivity index (χ3v) is 1.83. The number of aliphatic carboxylic acids is 1. The first-order chi connectivity index (χ1) is 7.43. The van der Waals surface area contributed by atoms with Crippen molar-refractivity contribution in [1.82, 2.24) is 10.2 Å². The van der Waals surface area contributed by atoms with Crippen LogP contribution >= 0.6 is 0 Å². The van der Waals surface area contributed by atoms with E-state index in [1.54, 1.807) is 0 Å². The van der Waals surface area contributed by atoms with Gasteiger partial charge < -0.3 is 21.1 Å². The van der Waals surface area contributed by atoms with Gasteiger partial charge in [0.2, 0.25) is 5.91 Å². The third kappa shape index (κ3) is 7.60. The molecule has 0 aromatic carbocycles. The van der Waals surface area contributed by atoms with Crippen molar-refractivity contribution in [2.24, 2.45) is 5.73 Å². The summed E-state index contributed by atoms with van der Waals surface area (Å²) < 4.78 is 0. The zero-order valence-electron chi connectivity index (χ0n) is 9.23. The van der Waals surface area contributed by atoms with E-state index in [-0.39, 0.29) is 13.0 Å². The molecule has 0 saturated carbocycles. The molecule has 0 radical (unpaired) electrons. The SMILES string of the molecule is CN(CC(N)=O)C(=O)NCCCCC(=O)O. The standard InChI is InChI=1S/C9H17N3O4/c1-12(6-7(10)13)9(16)11-5-3-2-4-8(14)15/h2-6H2,1H3,(H2,10,13)(H,11,16)(H,14,15). The zero-order valence-corrected chi connectivity index (χ0v) is 9.23. The molecule has 0 aliphatic heterocycles. The monoisotopic (exact) mass is 231 g/mol. The number of carbonyl (C=O) groups is 3. The number of amides is 3. The Bertz CT molecular complexity index is 267. The Hall–Kier alpha value is -1.79. The number of rotatable bonds is 7. The van der Waals surface area contributed by atoms with Gasteiger partial charge in [-0.15, -0.1) is 0 Å². The summed E-state index contributed by atoms with van der Waals surface area (Å²) in [5.74, 6) is -1.43. The van der Waals surface area contributed by atoms with Gasteiger partial charge in [0.1, 0.15) is 6.54 Å². The predicted molar refractivity (Wildman–Crippen MR) is 56.7 cm³/mol. The molecule has 0 aliphatic carbocycles. The van der Waals surface area contributed by atoms with Crippen molar-refractivity contribution < 1.29 is 19.5 Å². The first-order valence-electron chi connectivity index (χ1n) is 4.92. The molecule has 0 aliphatic rings. The van der Waals surface area contributed by atoms with Crippen LogP contribution in [0.4, 0.5) is 4.79 Å². The lowest BCUT2D eigenvalue weighted by atomic mass is 10.2. The quantitative estimate of drug-likeness (QED) is 0.506. The number of likely N-dealkylation sites (N-methyl/N-ethyl adjacent to an activating group) is 1. The molecule has 7 nitrogen and oxygen atoms in total. The fourth-order valence-electron chi connectivity index (χ4n) is 1.04. The normalized spacial score (nSPS) is 9.56. The number of hydrogen-bond donors (Lipinski definition) is 3. The van der Waals surface area contributed by atoms with E-state index in [1.165, 1.54) is 11.9 Å². The number of nitrogens with one attached hydrogen (secondary N) is 1. The number of nitrogens with zero attached hydrogens (tertiary/aromatic N) is 1. The highest BCUT2D eigenvalue weighted by Gasteiger charge is 2.09. The van der Waals surface area contributed by atoms with E-state index in [0.717, 1.165) is 0 Å². The highest BCUT2D eigenvalue weighted by molar-refractivity contribution is 5.82. The molecule has 0 bridgehead atoms. The van der Waals surface area contributed by atoms with Gasteiger partial charge in [0.25, 0.3) is 0 Å². The Labute approximate surface area is 93.6 Å². The van der Waals surface area contributed by atoms with E-state index in [9.17, 15) is 14.4 Å². The summed E-state index contributed by atoms with van der Waals surface area (Å²) in [6, 6.07) is -0.394. The lowest BCUT2D eigenvalue weighted by Crippen LogP contribution is -2.42. The summed E-state index contributed by atoms with van der Waals surface area (Å²) in [5, 5.41) is 10.9. The lowest BCUT2D eigenvalue weighted by molar-refractivity contribution is -0.137. The maximum Gasteiger partial charge on any atom is 0.317 e. The van der Waals surface area contributed by atoms with Crippen LogP contribution in [0, 0.1) is 0 Å². The molecule has 0 fully saturated rings. The zero-order chi connectivity index (χ0) is 12.6. The molecule has 92 valence electrons. The average molecular weight is 231 g/mol. The fourth-order valence-corrected chi connectivity index (χ4v) is 1.04. The van der Waals surface area contributed by atoms with Crippen molar-refractivity contribution in [2.75, 3.05) is 20.1 Å². The molecule has 0 atom stereocenters. The average Bonchev–Trinajstić information content (AvgIpc) is 2.15. The van der Waals surface area contributed by atoms with Crippen LogP contribution in [0.15, 0.2) is 0 Å². The summed E-state index contributed by atoms with van der Waals surface area (Å²) in [5.41, 5.74) is 4.91. The van der Waals surface area contributed by atoms with E-state index >= 15 is 0 Å². The van der Waals surface area contributed by atoms with Crippen LogP contribution in [-0.2, 0) is 9.59 Å². The number of nitrogens with two attached hydrogens (primary N) is 1. The largest absolute Gasteiger partial charge is 0.481 e. The molecule has 3 amide bonds. The lowest BCUT2D eigenvalue weighted by Gasteiger charge is -2.15.